The lowest BCUT2D eigenvalue weighted by Gasteiger charge is -2.36. The molecule has 4 N–H and O–H groups in total. The Bertz CT molecular complexity index is 2690. The molecule has 0 bridgehead atoms. The molecule has 3 aromatic carbocycles. The van der Waals surface area contributed by atoms with E-state index in [4.69, 9.17) is 19.2 Å². The van der Waals surface area contributed by atoms with Gasteiger partial charge in [0.1, 0.15) is 39.7 Å². The second-order valence-electron chi connectivity index (χ2n) is 22.8. The van der Waals surface area contributed by atoms with Crippen LogP contribution in [0.25, 0.3) is 0 Å². The number of likely N-dealkylation sites (N-methyl/N-ethyl adjacent to an activating group) is 1. The summed E-state index contributed by atoms with van der Waals surface area (Å²) in [5, 5.41) is 13.9. The molecule has 0 unspecified atom stereocenters. The average Bonchev–Trinajstić information content (AvgIpc) is 4.18. The summed E-state index contributed by atoms with van der Waals surface area (Å²) >= 11 is 1.37. The fourth-order valence-electron chi connectivity index (χ4n) is 9.73. The van der Waals surface area contributed by atoms with E-state index in [0.29, 0.717) is 70.6 Å². The molecule has 18 heteroatoms. The second kappa shape index (κ2) is 29.4. The lowest BCUT2D eigenvalue weighted by Crippen LogP contribution is -2.56. The quantitative estimate of drug-likeness (QED) is 0.0362. The Morgan fingerprint density at radius 2 is 1.34 bits per heavy atom. The van der Waals surface area contributed by atoms with Crippen molar-refractivity contribution in [3.05, 3.63) is 100 Å². The predicted molar refractivity (Wildman–Crippen MR) is 309 cm³/mol. The van der Waals surface area contributed by atoms with Gasteiger partial charge in [-0.15, -0.1) is 11.3 Å². The first-order chi connectivity index (χ1) is 37.7. The van der Waals surface area contributed by atoms with Crippen LogP contribution in [0.2, 0.25) is 0 Å². The van der Waals surface area contributed by atoms with Gasteiger partial charge in [0.05, 0.1) is 24.0 Å². The topological polar surface area (TPSA) is 215 Å². The Hall–Kier alpha value is -6.82. The molecule has 2 heterocycles. The third-order valence-corrected chi connectivity index (χ3v) is 15.0. The number of anilines is 3. The molecule has 17 nitrogen and oxygen atoms in total. The zero-order chi connectivity index (χ0) is 57.1. The molecular formula is C61H83N7O10S. The van der Waals surface area contributed by atoms with Crippen molar-refractivity contribution >= 4 is 70.0 Å². The molecule has 1 saturated carbocycles. The highest BCUT2D eigenvalue weighted by molar-refractivity contribution is 7.10. The van der Waals surface area contributed by atoms with Crippen molar-refractivity contribution in [2.45, 2.75) is 187 Å². The molecule has 2 aliphatic rings. The van der Waals surface area contributed by atoms with E-state index >= 15 is 0 Å². The normalized spacial score (nSPS) is 15.5. The fourth-order valence-corrected chi connectivity index (χ4v) is 10.7. The largest absolute Gasteiger partial charge is 0.494 e. The molecule has 0 spiro atoms. The number of nitrogens with zero attached hydrogens (tertiary/aromatic N) is 3. The Morgan fingerprint density at radius 1 is 0.709 bits per heavy atom. The summed E-state index contributed by atoms with van der Waals surface area (Å²) in [6.45, 7) is 13.3. The summed E-state index contributed by atoms with van der Waals surface area (Å²) in [6, 6.07) is 18.8. The lowest BCUT2D eigenvalue weighted by molar-refractivity contribution is -0.140. The minimum Gasteiger partial charge on any atom is -0.494 e. The maximum Gasteiger partial charge on any atom is 0.412 e. The number of carbonyl (C=O) groups is 7. The van der Waals surface area contributed by atoms with Gasteiger partial charge in [-0.2, -0.15) is 0 Å². The van der Waals surface area contributed by atoms with Crippen LogP contribution in [0, 0.1) is 5.92 Å². The van der Waals surface area contributed by atoms with Gasteiger partial charge in [-0.3, -0.25) is 34.2 Å². The van der Waals surface area contributed by atoms with E-state index in [2.05, 4.69) is 21.3 Å². The van der Waals surface area contributed by atoms with Crippen LogP contribution in [0.3, 0.4) is 0 Å². The molecule has 4 aromatic rings. The van der Waals surface area contributed by atoms with Gasteiger partial charge in [-0.05, 0) is 141 Å². The molecule has 1 aromatic heterocycles. The smallest absolute Gasteiger partial charge is 0.412 e. The summed E-state index contributed by atoms with van der Waals surface area (Å²) in [5.74, 6) is -0.617. The van der Waals surface area contributed by atoms with Crippen molar-refractivity contribution in [1.82, 2.24) is 20.1 Å². The van der Waals surface area contributed by atoms with Crippen molar-refractivity contribution in [3.63, 3.8) is 0 Å². The van der Waals surface area contributed by atoms with Gasteiger partial charge in [-0.25, -0.2) is 14.6 Å². The number of hydrogen-bond acceptors (Lipinski definition) is 12. The van der Waals surface area contributed by atoms with E-state index in [1.54, 1.807) is 115 Å². The van der Waals surface area contributed by atoms with Crippen LogP contribution in [0.5, 0.6) is 5.75 Å². The number of aromatic nitrogens is 1. The van der Waals surface area contributed by atoms with Gasteiger partial charge in [-0.1, -0.05) is 88.5 Å². The number of likely N-dealkylation sites (tertiary alicyclic amines) is 1. The first-order valence-corrected chi connectivity index (χ1v) is 29.1. The molecule has 6 amide bonds. The third-order valence-electron chi connectivity index (χ3n) is 14.1. The zero-order valence-corrected chi connectivity index (χ0v) is 48.4. The average molecular weight is 1110 g/mol. The second-order valence-corrected chi connectivity index (χ2v) is 23.7. The van der Waals surface area contributed by atoms with E-state index in [1.807, 2.05) is 17.0 Å². The van der Waals surface area contributed by atoms with E-state index < -0.39 is 41.4 Å². The summed E-state index contributed by atoms with van der Waals surface area (Å²) in [4.78, 5) is 101. The summed E-state index contributed by atoms with van der Waals surface area (Å²) < 4.78 is 16.9. The lowest BCUT2D eigenvalue weighted by atomic mass is 9.83. The number of amides is 6. The maximum atomic E-state index is 14.5. The number of hydrogen-bond donors (Lipinski definition) is 4. The van der Waals surface area contributed by atoms with Crippen LogP contribution < -0.4 is 26.0 Å². The molecule has 1 aliphatic heterocycles. The fraction of sp³-hybridized carbons (Fsp3) is 0.541. The van der Waals surface area contributed by atoms with Gasteiger partial charge in [0.2, 0.25) is 23.5 Å². The number of unbranched alkanes of at least 4 members (excludes halogenated alkanes) is 8. The minimum atomic E-state index is -0.857. The highest BCUT2D eigenvalue weighted by Crippen LogP contribution is 2.37. The standard InChI is InChI=1S/C61H83N7O10S/c1-41(67(8)59(75)78-61(5,6)7)54(71)66-52(42-25-17-16-18-26-42)57(73)68-37-24-31-50(68)56-64-49(40-79-56)53(70)44-27-23-28-46(39-44)76-38-22-15-13-11-9-10-12-14-19-32-51(69)62-45-35-33-43(34-36-45)55(72)63-47-29-20-21-30-48(47)65-58(74)77-60(2,3)4/h20-21,23,27-30,33-36,39-42,50,52H,9-19,22,24-26,31-32,37-38H2,1-8H3,(H,62,69)(H,63,72)(H,65,74)(H,66,71)/t41-,50-,52-/m0/s1. The number of benzene rings is 3. The van der Waals surface area contributed by atoms with Crippen molar-refractivity contribution in [2.75, 3.05) is 36.1 Å². The SMILES string of the molecule is C[C@@H](C(=O)N[C@H](C(=O)N1CCC[C@H]1c1nc(C(=O)c2cccc(OCCCCCCCCCCCC(=O)Nc3ccc(C(=O)Nc4ccccc4NC(=O)OC(C)(C)C)cc3)c2)cs1)C1CCCCC1)N(C)C(=O)OC(C)(C)C. The van der Waals surface area contributed by atoms with Crippen LogP contribution in [0.1, 0.15) is 195 Å². The Kier molecular flexibility index (Phi) is 22.9. The Morgan fingerprint density at radius 3 is 2.00 bits per heavy atom. The van der Waals surface area contributed by atoms with Crippen LogP contribution in [-0.4, -0.2) is 99.9 Å². The summed E-state index contributed by atoms with van der Waals surface area (Å²) in [5.41, 5.74) is 1.25. The Balaban J connectivity index is 0.853. The van der Waals surface area contributed by atoms with Crippen LogP contribution >= 0.6 is 11.3 Å². The molecule has 79 heavy (non-hydrogen) atoms. The van der Waals surface area contributed by atoms with Crippen LogP contribution in [0.4, 0.5) is 26.7 Å². The monoisotopic (exact) mass is 1110 g/mol. The first kappa shape index (κ1) is 61.4. The number of thiazole rings is 1. The number of nitrogens with one attached hydrogen (secondary N) is 4. The van der Waals surface area contributed by atoms with Gasteiger partial charge in [0, 0.05) is 42.2 Å². The number of carbonyl (C=O) groups excluding carboxylic acids is 7. The number of para-hydroxylation sites is 2. The first-order valence-electron chi connectivity index (χ1n) is 28.3. The predicted octanol–water partition coefficient (Wildman–Crippen LogP) is 12.9. The van der Waals surface area contributed by atoms with Crippen molar-refractivity contribution in [3.8, 4) is 5.75 Å². The molecule has 428 valence electrons. The van der Waals surface area contributed by atoms with E-state index in [0.717, 1.165) is 96.3 Å². The highest BCUT2D eigenvalue weighted by atomic mass is 32.1. The molecule has 1 saturated heterocycles. The van der Waals surface area contributed by atoms with Gasteiger partial charge >= 0.3 is 12.2 Å². The number of rotatable bonds is 25. The van der Waals surface area contributed by atoms with E-state index in [-0.39, 0.29) is 35.5 Å². The van der Waals surface area contributed by atoms with Crippen LogP contribution in [-0.2, 0) is 23.9 Å². The van der Waals surface area contributed by atoms with Crippen molar-refractivity contribution in [2.24, 2.45) is 5.92 Å². The van der Waals surface area contributed by atoms with Crippen LogP contribution in [0.15, 0.2) is 78.2 Å². The maximum absolute atomic E-state index is 14.5. The molecule has 6 rings (SSSR count). The molecule has 2 fully saturated rings. The zero-order valence-electron chi connectivity index (χ0n) is 47.6. The van der Waals surface area contributed by atoms with E-state index in [9.17, 15) is 33.6 Å². The number of ketones is 1. The van der Waals surface area contributed by atoms with Gasteiger partial charge < -0.3 is 35.1 Å². The summed E-state index contributed by atoms with van der Waals surface area (Å²) in [7, 11) is 1.53. The van der Waals surface area contributed by atoms with Crippen molar-refractivity contribution < 1.29 is 47.8 Å². The number of ether oxygens (including phenoxy) is 3. The molecule has 3 atom stereocenters. The summed E-state index contributed by atoms with van der Waals surface area (Å²) in [6.07, 6.45) is 14.6. The Labute approximate surface area is 470 Å². The van der Waals surface area contributed by atoms with E-state index in [1.165, 1.54) is 23.3 Å². The van der Waals surface area contributed by atoms with Gasteiger partial charge in [0.25, 0.3) is 5.91 Å². The highest BCUT2D eigenvalue weighted by Gasteiger charge is 2.41. The molecule has 0 radical (unpaired) electrons. The minimum absolute atomic E-state index is 0.0284. The van der Waals surface area contributed by atoms with Gasteiger partial charge in [0.15, 0.2) is 0 Å². The third kappa shape index (κ3) is 19.5. The molecule has 1 aliphatic carbocycles. The molecular weight excluding hydrogens is 1020 g/mol. The van der Waals surface area contributed by atoms with Crippen molar-refractivity contribution in [1.29, 1.82) is 0 Å².